The monoisotopic (exact) mass is 218 g/mol. The Morgan fingerprint density at radius 2 is 2.46 bits per heavy atom. The van der Waals surface area contributed by atoms with Crippen molar-refractivity contribution in [3.63, 3.8) is 0 Å². The van der Waals surface area contributed by atoms with Crippen LogP contribution in [0.3, 0.4) is 0 Å². The van der Waals surface area contributed by atoms with Crippen molar-refractivity contribution >= 4 is 33.1 Å². The highest BCUT2D eigenvalue weighted by Crippen LogP contribution is 2.21. The van der Waals surface area contributed by atoms with Gasteiger partial charge < -0.3 is 0 Å². The largest absolute Gasteiger partial charge is 0.286 e. The lowest BCUT2D eigenvalue weighted by Gasteiger charge is -2.00. The molecule has 0 amide bonds. The number of quaternary nitrogens is 1. The number of amidine groups is 1. The quantitative estimate of drug-likeness (QED) is 0.607. The number of nitrogens with two attached hydrogens (primary N) is 1. The van der Waals surface area contributed by atoms with Crippen molar-refractivity contribution in [2.24, 2.45) is 10.2 Å². The van der Waals surface area contributed by atoms with E-state index in [1.807, 2.05) is 0 Å². The van der Waals surface area contributed by atoms with E-state index in [1.54, 1.807) is 17.7 Å². The molecule has 2 heterocycles. The van der Waals surface area contributed by atoms with Gasteiger partial charge in [0, 0.05) is 10.7 Å². The third kappa shape index (κ3) is 2.17. The van der Waals surface area contributed by atoms with Crippen LogP contribution in [0.15, 0.2) is 21.7 Å². The summed E-state index contributed by atoms with van der Waals surface area (Å²) in [7, 11) is -2.95. The molecule has 0 bridgehead atoms. The van der Waals surface area contributed by atoms with Crippen molar-refractivity contribution in [2.75, 3.05) is 5.75 Å². The average Bonchev–Trinajstić information content (AvgIpc) is 2.61. The predicted octanol–water partition coefficient (Wildman–Crippen LogP) is -1.09. The van der Waals surface area contributed by atoms with E-state index in [4.69, 9.17) is 0 Å². The SMILES string of the molecule is O=S1(=O)C=CC(SC2=NN=C[NH2+]2)C1. The number of hydrogen-bond acceptors (Lipinski definition) is 5. The van der Waals surface area contributed by atoms with Crippen molar-refractivity contribution in [1.82, 2.24) is 0 Å². The summed E-state index contributed by atoms with van der Waals surface area (Å²) in [6, 6.07) is 0. The first-order valence-electron chi connectivity index (χ1n) is 3.68. The summed E-state index contributed by atoms with van der Waals surface area (Å²) in [4.78, 5) is 0. The van der Waals surface area contributed by atoms with Crippen LogP contribution in [0.2, 0.25) is 0 Å². The molecule has 0 spiro atoms. The maximum atomic E-state index is 11.0. The Morgan fingerprint density at radius 3 is 3.00 bits per heavy atom. The maximum absolute atomic E-state index is 11.0. The topological polar surface area (TPSA) is 75.5 Å². The van der Waals surface area contributed by atoms with E-state index in [9.17, 15) is 8.42 Å². The second-order valence-corrected chi connectivity index (χ2v) is 5.87. The zero-order valence-electron chi connectivity index (χ0n) is 6.62. The third-order valence-corrected chi connectivity index (χ3v) is 4.30. The van der Waals surface area contributed by atoms with Gasteiger partial charge in [0.05, 0.1) is 5.75 Å². The third-order valence-electron chi connectivity index (χ3n) is 1.61. The Hall–Kier alpha value is -0.660. The average molecular weight is 218 g/mol. The van der Waals surface area contributed by atoms with Crippen LogP contribution in [0, 0.1) is 0 Å². The van der Waals surface area contributed by atoms with Crippen LogP contribution in [-0.4, -0.2) is 30.9 Å². The number of nitrogens with zero attached hydrogens (tertiary/aromatic N) is 2. The molecule has 7 heteroatoms. The van der Waals surface area contributed by atoms with E-state index in [0.717, 1.165) is 5.17 Å². The summed E-state index contributed by atoms with van der Waals surface area (Å²) in [5.41, 5.74) is 0. The summed E-state index contributed by atoms with van der Waals surface area (Å²) < 4.78 is 22.1. The molecular formula is C6H8N3O2S2+. The Kier molecular flexibility index (Phi) is 2.22. The van der Waals surface area contributed by atoms with Gasteiger partial charge >= 0.3 is 0 Å². The lowest BCUT2D eigenvalue weighted by Crippen LogP contribution is -2.84. The fourth-order valence-electron chi connectivity index (χ4n) is 1.06. The molecule has 0 saturated heterocycles. The van der Waals surface area contributed by atoms with Crippen LogP contribution < -0.4 is 5.32 Å². The van der Waals surface area contributed by atoms with Gasteiger partial charge in [-0.1, -0.05) is 16.3 Å². The molecule has 70 valence electrons. The molecule has 0 aromatic heterocycles. The van der Waals surface area contributed by atoms with Crippen LogP contribution in [0.5, 0.6) is 0 Å². The van der Waals surface area contributed by atoms with Crippen molar-refractivity contribution in [3.05, 3.63) is 11.5 Å². The van der Waals surface area contributed by atoms with Gasteiger partial charge in [-0.2, -0.15) is 0 Å². The molecule has 2 aliphatic rings. The number of sulfone groups is 1. The highest BCUT2D eigenvalue weighted by Gasteiger charge is 2.25. The summed E-state index contributed by atoms with van der Waals surface area (Å²) >= 11 is 1.42. The van der Waals surface area contributed by atoms with Gasteiger partial charge in [0.1, 0.15) is 0 Å². The summed E-state index contributed by atoms with van der Waals surface area (Å²) in [5.74, 6) is 0.171. The van der Waals surface area contributed by atoms with Gasteiger partial charge in [-0.15, -0.1) is 0 Å². The second-order valence-electron chi connectivity index (χ2n) is 2.68. The highest BCUT2D eigenvalue weighted by molar-refractivity contribution is 8.14. The first kappa shape index (κ1) is 8.92. The normalized spacial score (nSPS) is 29.5. The molecule has 0 fully saturated rings. The van der Waals surface area contributed by atoms with Gasteiger partial charge in [-0.3, -0.25) is 0 Å². The van der Waals surface area contributed by atoms with E-state index in [1.165, 1.54) is 17.2 Å². The van der Waals surface area contributed by atoms with Crippen LogP contribution in [0.25, 0.3) is 0 Å². The van der Waals surface area contributed by atoms with E-state index in [2.05, 4.69) is 10.2 Å². The standard InChI is InChI=1S/C6H7N3O2S2/c10-13(11)2-1-5(3-13)12-6-7-4-8-9-6/h1-2,4-5H,3H2,(H,7,8,9)/p+1. The molecule has 0 radical (unpaired) electrons. The zero-order valence-corrected chi connectivity index (χ0v) is 8.25. The number of hydrogen-bond donors (Lipinski definition) is 1. The fraction of sp³-hybridized carbons (Fsp3) is 0.333. The smallest absolute Gasteiger partial charge is 0.246 e. The van der Waals surface area contributed by atoms with Gasteiger partial charge in [-0.25, -0.2) is 13.7 Å². The van der Waals surface area contributed by atoms with Crippen LogP contribution in [-0.2, 0) is 9.84 Å². The van der Waals surface area contributed by atoms with Gasteiger partial charge in [0.2, 0.25) is 6.34 Å². The molecule has 5 nitrogen and oxygen atoms in total. The second kappa shape index (κ2) is 3.24. The van der Waals surface area contributed by atoms with Crippen LogP contribution in [0.4, 0.5) is 0 Å². The van der Waals surface area contributed by atoms with Crippen molar-refractivity contribution in [1.29, 1.82) is 0 Å². The lowest BCUT2D eigenvalue weighted by molar-refractivity contribution is -0.385. The molecule has 0 aromatic rings. The Morgan fingerprint density at radius 1 is 1.62 bits per heavy atom. The lowest BCUT2D eigenvalue weighted by atomic mass is 10.5. The molecule has 0 aromatic carbocycles. The minimum absolute atomic E-state index is 0.0123. The van der Waals surface area contributed by atoms with E-state index < -0.39 is 9.84 Å². The van der Waals surface area contributed by atoms with Crippen molar-refractivity contribution < 1.29 is 13.7 Å². The van der Waals surface area contributed by atoms with Crippen LogP contribution >= 0.6 is 11.8 Å². The first-order chi connectivity index (χ1) is 6.16. The van der Waals surface area contributed by atoms with Crippen molar-refractivity contribution in [2.45, 2.75) is 5.25 Å². The Balaban J connectivity index is 1.96. The molecule has 2 rings (SSSR count). The highest BCUT2D eigenvalue weighted by atomic mass is 32.2. The number of thioether (sulfide) groups is 1. The fourth-order valence-corrected chi connectivity index (χ4v) is 3.81. The van der Waals surface area contributed by atoms with Crippen molar-refractivity contribution in [3.8, 4) is 0 Å². The zero-order chi connectivity index (χ0) is 9.31. The Bertz CT molecular complexity index is 396. The van der Waals surface area contributed by atoms with E-state index in [0.29, 0.717) is 0 Å². The van der Waals surface area contributed by atoms with Crippen LogP contribution in [0.1, 0.15) is 0 Å². The van der Waals surface area contributed by atoms with Gasteiger partial charge in [0.25, 0.3) is 5.17 Å². The van der Waals surface area contributed by atoms with Gasteiger partial charge in [-0.05, 0) is 11.8 Å². The molecule has 2 aliphatic heterocycles. The Labute approximate surface area is 79.9 Å². The molecule has 0 aliphatic carbocycles. The summed E-state index contributed by atoms with van der Waals surface area (Å²) in [6.07, 6.45) is 3.28. The van der Waals surface area contributed by atoms with E-state index >= 15 is 0 Å². The maximum Gasteiger partial charge on any atom is 0.286 e. The summed E-state index contributed by atoms with van der Waals surface area (Å²) in [6.45, 7) is 0. The molecule has 0 saturated carbocycles. The molecular weight excluding hydrogens is 210 g/mol. The molecule has 1 atom stereocenters. The van der Waals surface area contributed by atoms with E-state index in [-0.39, 0.29) is 11.0 Å². The number of rotatable bonds is 1. The summed E-state index contributed by atoms with van der Waals surface area (Å²) in [5, 5.41) is 11.3. The molecule has 13 heavy (non-hydrogen) atoms. The first-order valence-corrected chi connectivity index (χ1v) is 6.27. The predicted molar refractivity (Wildman–Crippen MR) is 52.2 cm³/mol. The molecule has 1 unspecified atom stereocenters. The minimum atomic E-state index is -2.95. The van der Waals surface area contributed by atoms with Gasteiger partial charge in [0.15, 0.2) is 9.84 Å². The minimum Gasteiger partial charge on any atom is -0.246 e. The molecule has 2 N–H and O–H groups in total.